The first-order valence-electron chi connectivity index (χ1n) is 15.3. The highest BCUT2D eigenvalue weighted by Gasteiger charge is 2.45. The molecule has 218 valence electrons. The van der Waals surface area contributed by atoms with Crippen molar-refractivity contribution in [1.29, 1.82) is 0 Å². The lowest BCUT2D eigenvalue weighted by molar-refractivity contribution is -0.153. The van der Waals surface area contributed by atoms with Gasteiger partial charge in [-0.15, -0.1) is 12.4 Å². The van der Waals surface area contributed by atoms with E-state index in [0.29, 0.717) is 12.5 Å². The number of piperidine rings is 1. The van der Waals surface area contributed by atoms with Crippen molar-refractivity contribution in [3.05, 3.63) is 60.2 Å². The Kier molecular flexibility index (Phi) is 11.3. The number of rotatable bonds is 10. The van der Waals surface area contributed by atoms with Crippen LogP contribution in [0, 0.1) is 11.8 Å². The predicted octanol–water partition coefficient (Wildman–Crippen LogP) is 6.58. The summed E-state index contributed by atoms with van der Waals surface area (Å²) in [6.07, 6.45) is 10.9. The molecule has 5 rings (SSSR count). The van der Waals surface area contributed by atoms with Gasteiger partial charge < -0.3 is 15.0 Å². The number of carbonyl (C=O) groups is 2. The second kappa shape index (κ2) is 14.9. The third-order valence-electron chi connectivity index (χ3n) is 8.94. The van der Waals surface area contributed by atoms with Crippen molar-refractivity contribution in [3.8, 4) is 11.5 Å². The molecule has 2 saturated heterocycles. The average Bonchev–Trinajstić information content (AvgIpc) is 2.97. The molecule has 40 heavy (non-hydrogen) atoms. The maximum Gasteiger partial charge on any atom is 0.245 e. The van der Waals surface area contributed by atoms with Gasteiger partial charge in [0.25, 0.3) is 0 Å². The first-order chi connectivity index (χ1) is 19.1. The summed E-state index contributed by atoms with van der Waals surface area (Å²) in [7, 11) is 0. The number of hydrogen-bond acceptors (Lipinski definition) is 4. The smallest absolute Gasteiger partial charge is 0.245 e. The minimum absolute atomic E-state index is 0. The van der Waals surface area contributed by atoms with Crippen molar-refractivity contribution in [2.24, 2.45) is 11.8 Å². The Morgan fingerprint density at radius 2 is 1.55 bits per heavy atom. The molecule has 1 N–H and O–H groups in total. The molecule has 0 bridgehead atoms. The van der Waals surface area contributed by atoms with E-state index in [1.54, 1.807) is 0 Å². The van der Waals surface area contributed by atoms with Gasteiger partial charge in [-0.3, -0.25) is 14.5 Å². The van der Waals surface area contributed by atoms with E-state index in [1.165, 1.54) is 37.7 Å². The SMILES string of the molecule is CCCCN1C(=O)[C@H](CC2CCCCC2)NC(=O)[C@@H]1C1CCN(Cc2ccc(Oc3ccccc3)cc2)CC1.Cl. The van der Waals surface area contributed by atoms with Crippen molar-refractivity contribution >= 4 is 24.2 Å². The lowest BCUT2D eigenvalue weighted by atomic mass is 9.82. The van der Waals surface area contributed by atoms with E-state index >= 15 is 0 Å². The molecule has 2 aromatic rings. The Balaban J connectivity index is 0.00000370. The van der Waals surface area contributed by atoms with Crippen LogP contribution in [0.4, 0.5) is 0 Å². The fourth-order valence-corrected chi connectivity index (χ4v) is 6.73. The van der Waals surface area contributed by atoms with Crippen LogP contribution < -0.4 is 10.1 Å². The zero-order chi connectivity index (χ0) is 27.0. The van der Waals surface area contributed by atoms with Gasteiger partial charge in [0.15, 0.2) is 0 Å². The van der Waals surface area contributed by atoms with Gasteiger partial charge in [0.05, 0.1) is 0 Å². The van der Waals surface area contributed by atoms with Crippen molar-refractivity contribution in [3.63, 3.8) is 0 Å². The molecule has 0 unspecified atom stereocenters. The fourth-order valence-electron chi connectivity index (χ4n) is 6.73. The van der Waals surface area contributed by atoms with Gasteiger partial charge in [-0.1, -0.05) is 75.8 Å². The number of benzene rings is 2. The summed E-state index contributed by atoms with van der Waals surface area (Å²) in [4.78, 5) is 31.6. The number of likely N-dealkylation sites (tertiary alicyclic amines) is 1. The molecule has 1 aliphatic carbocycles. The molecular weight excluding hydrogens is 522 g/mol. The van der Waals surface area contributed by atoms with E-state index < -0.39 is 0 Å². The predicted molar refractivity (Wildman–Crippen MR) is 162 cm³/mol. The summed E-state index contributed by atoms with van der Waals surface area (Å²) >= 11 is 0. The molecule has 2 amide bonds. The molecule has 6 nitrogen and oxygen atoms in total. The number of ether oxygens (including phenoxy) is 1. The van der Waals surface area contributed by atoms with Gasteiger partial charge in [0.2, 0.25) is 11.8 Å². The van der Waals surface area contributed by atoms with Crippen LogP contribution in [0.15, 0.2) is 54.6 Å². The first kappa shape index (κ1) is 30.4. The summed E-state index contributed by atoms with van der Waals surface area (Å²) in [6, 6.07) is 17.5. The van der Waals surface area contributed by atoms with E-state index in [2.05, 4.69) is 29.3 Å². The normalized spacial score (nSPS) is 23.0. The van der Waals surface area contributed by atoms with Crippen LogP contribution in [0.1, 0.15) is 76.7 Å². The molecular formula is C33H46ClN3O3. The topological polar surface area (TPSA) is 61.9 Å². The van der Waals surface area contributed by atoms with Gasteiger partial charge in [-0.05, 0) is 80.4 Å². The van der Waals surface area contributed by atoms with Crippen LogP contribution in [0.2, 0.25) is 0 Å². The number of piperazine rings is 1. The van der Waals surface area contributed by atoms with Crippen LogP contribution in [0.5, 0.6) is 11.5 Å². The first-order valence-corrected chi connectivity index (χ1v) is 15.3. The van der Waals surface area contributed by atoms with Crippen molar-refractivity contribution < 1.29 is 14.3 Å². The summed E-state index contributed by atoms with van der Waals surface area (Å²) in [5.41, 5.74) is 1.26. The highest BCUT2D eigenvalue weighted by molar-refractivity contribution is 5.97. The van der Waals surface area contributed by atoms with Crippen molar-refractivity contribution in [2.45, 2.75) is 89.8 Å². The second-order valence-electron chi connectivity index (χ2n) is 11.8. The van der Waals surface area contributed by atoms with Gasteiger partial charge >= 0.3 is 0 Å². The van der Waals surface area contributed by atoms with Gasteiger partial charge in [0, 0.05) is 13.1 Å². The Hall–Kier alpha value is -2.57. The molecule has 7 heteroatoms. The number of nitrogens with one attached hydrogen (secondary N) is 1. The number of carbonyl (C=O) groups excluding carboxylic acids is 2. The molecule has 2 atom stereocenters. The Morgan fingerprint density at radius 1 is 0.875 bits per heavy atom. The Morgan fingerprint density at radius 3 is 2.23 bits per heavy atom. The number of unbranched alkanes of at least 4 members (excludes halogenated alkanes) is 1. The van der Waals surface area contributed by atoms with Crippen LogP contribution in [-0.4, -0.2) is 53.3 Å². The van der Waals surface area contributed by atoms with E-state index in [4.69, 9.17) is 4.74 Å². The van der Waals surface area contributed by atoms with Crippen LogP contribution in [0.3, 0.4) is 0 Å². The number of hydrogen-bond donors (Lipinski definition) is 1. The quantitative estimate of drug-likeness (QED) is 0.352. The van der Waals surface area contributed by atoms with E-state index in [9.17, 15) is 9.59 Å². The Labute approximate surface area is 246 Å². The number of halogens is 1. The van der Waals surface area contributed by atoms with Gasteiger partial charge in [-0.25, -0.2) is 0 Å². The Bertz CT molecular complexity index is 1070. The summed E-state index contributed by atoms with van der Waals surface area (Å²) < 4.78 is 5.93. The lowest BCUT2D eigenvalue weighted by Crippen LogP contribution is -2.66. The molecule has 2 aliphatic heterocycles. The number of amides is 2. The van der Waals surface area contributed by atoms with Crippen LogP contribution in [0.25, 0.3) is 0 Å². The standard InChI is InChI=1S/C33H45N3O3.ClH/c1-2-3-20-36-31(32(37)34-30(33(36)38)23-25-10-6-4-7-11-25)27-18-21-35(22-19-27)24-26-14-16-29(17-15-26)39-28-12-8-5-9-13-28;/h5,8-9,12-17,25,27,30-31H,2-4,6-7,10-11,18-24H2,1H3,(H,34,37);1H/t30-,31-;/m0./s1. The second-order valence-corrected chi connectivity index (χ2v) is 11.8. The maximum atomic E-state index is 13.6. The van der Waals surface area contributed by atoms with E-state index in [1.807, 2.05) is 47.4 Å². The molecule has 2 aromatic carbocycles. The maximum absolute atomic E-state index is 13.6. The summed E-state index contributed by atoms with van der Waals surface area (Å²) in [5, 5.41) is 3.19. The van der Waals surface area contributed by atoms with Crippen LogP contribution in [-0.2, 0) is 16.1 Å². The molecule has 0 aromatic heterocycles. The fraction of sp³-hybridized carbons (Fsp3) is 0.576. The highest BCUT2D eigenvalue weighted by atomic mass is 35.5. The largest absolute Gasteiger partial charge is 0.457 e. The molecule has 3 aliphatic rings. The lowest BCUT2D eigenvalue weighted by Gasteiger charge is -2.45. The molecule has 0 spiro atoms. The summed E-state index contributed by atoms with van der Waals surface area (Å²) in [6.45, 7) is 5.63. The zero-order valence-corrected chi connectivity index (χ0v) is 24.7. The average molecular weight is 568 g/mol. The van der Waals surface area contributed by atoms with Crippen molar-refractivity contribution in [1.82, 2.24) is 15.1 Å². The van der Waals surface area contributed by atoms with E-state index in [-0.39, 0.29) is 42.2 Å². The van der Waals surface area contributed by atoms with E-state index in [0.717, 1.165) is 63.2 Å². The minimum Gasteiger partial charge on any atom is -0.457 e. The van der Waals surface area contributed by atoms with Gasteiger partial charge in [0.1, 0.15) is 23.6 Å². The third-order valence-corrected chi connectivity index (χ3v) is 8.94. The minimum atomic E-state index is -0.331. The third kappa shape index (κ3) is 7.79. The zero-order valence-electron chi connectivity index (χ0n) is 23.9. The molecule has 3 fully saturated rings. The summed E-state index contributed by atoms with van der Waals surface area (Å²) in [5.74, 6) is 2.72. The molecule has 1 saturated carbocycles. The highest BCUT2D eigenvalue weighted by Crippen LogP contribution is 2.32. The van der Waals surface area contributed by atoms with Crippen LogP contribution >= 0.6 is 12.4 Å². The molecule has 0 radical (unpaired) electrons. The van der Waals surface area contributed by atoms with Gasteiger partial charge in [-0.2, -0.15) is 0 Å². The van der Waals surface area contributed by atoms with Crippen molar-refractivity contribution in [2.75, 3.05) is 19.6 Å². The number of nitrogens with zero attached hydrogens (tertiary/aromatic N) is 2. The molecule has 2 heterocycles. The monoisotopic (exact) mass is 567 g/mol. The number of para-hydroxylation sites is 1.